The summed E-state index contributed by atoms with van der Waals surface area (Å²) in [5, 5.41) is 5.28. The van der Waals surface area contributed by atoms with Gasteiger partial charge in [-0.2, -0.15) is 0 Å². The lowest BCUT2D eigenvalue weighted by Gasteiger charge is -2.27. The molecule has 1 saturated heterocycles. The molecule has 31 heavy (non-hydrogen) atoms. The number of nitrogens with one attached hydrogen (secondary N) is 2. The number of hydrogen-bond acceptors (Lipinski definition) is 4. The third kappa shape index (κ3) is 4.64. The number of H-pyrrole nitrogens is 1. The van der Waals surface area contributed by atoms with Crippen molar-refractivity contribution in [1.82, 2.24) is 25.2 Å². The Morgan fingerprint density at radius 2 is 1.87 bits per heavy atom. The van der Waals surface area contributed by atoms with Crippen molar-refractivity contribution >= 4 is 22.5 Å². The summed E-state index contributed by atoms with van der Waals surface area (Å²) in [7, 11) is 0. The average molecular weight is 432 g/mol. The molecule has 0 bridgehead atoms. The monoisotopic (exact) mass is 431 g/mol. The largest absolute Gasteiger partial charge is 0.344 e. The van der Waals surface area contributed by atoms with E-state index in [2.05, 4.69) is 44.5 Å². The van der Waals surface area contributed by atoms with Crippen LogP contribution < -0.4 is 5.32 Å². The quantitative estimate of drug-likeness (QED) is 0.461. The lowest BCUT2D eigenvalue weighted by atomic mass is 10.0. The number of benzene rings is 2. The van der Waals surface area contributed by atoms with Crippen molar-refractivity contribution in [1.29, 1.82) is 0 Å². The zero-order valence-electron chi connectivity index (χ0n) is 17.4. The van der Waals surface area contributed by atoms with E-state index in [9.17, 15) is 0 Å². The van der Waals surface area contributed by atoms with E-state index in [-0.39, 0.29) is 0 Å². The molecule has 5 nitrogen and oxygen atoms in total. The van der Waals surface area contributed by atoms with Gasteiger partial charge in [-0.25, -0.2) is 4.98 Å². The van der Waals surface area contributed by atoms with Gasteiger partial charge < -0.3 is 15.2 Å². The second-order valence-electron chi connectivity index (χ2n) is 8.08. The van der Waals surface area contributed by atoms with Crippen molar-refractivity contribution in [3.05, 3.63) is 71.6 Å². The predicted molar refractivity (Wildman–Crippen MR) is 127 cm³/mol. The molecule has 1 aliphatic rings. The number of nitrogens with zero attached hydrogens (tertiary/aromatic N) is 3. The van der Waals surface area contributed by atoms with E-state index in [1.807, 2.05) is 30.5 Å². The lowest BCUT2D eigenvalue weighted by molar-refractivity contribution is 0.238. The highest BCUT2D eigenvalue weighted by molar-refractivity contribution is 6.30. The molecule has 0 aliphatic carbocycles. The molecule has 3 heterocycles. The van der Waals surface area contributed by atoms with Gasteiger partial charge in [0.05, 0.1) is 23.2 Å². The number of hydrogen-bond donors (Lipinski definition) is 2. The minimum atomic E-state index is 0.708. The Morgan fingerprint density at radius 3 is 2.74 bits per heavy atom. The molecule has 158 valence electrons. The number of aromatic amines is 1. The van der Waals surface area contributed by atoms with Crippen LogP contribution in [-0.2, 0) is 6.42 Å². The van der Waals surface area contributed by atoms with Gasteiger partial charge >= 0.3 is 0 Å². The van der Waals surface area contributed by atoms with Crippen LogP contribution in [0.2, 0.25) is 5.02 Å². The van der Waals surface area contributed by atoms with E-state index in [4.69, 9.17) is 16.6 Å². The SMILES string of the molecule is Clc1cccc(-c2nc[nH]c2-c2ccc3ncc(CCCN4CCNCC4)cc3c2)c1. The van der Waals surface area contributed by atoms with E-state index in [0.29, 0.717) is 5.02 Å². The number of aryl methyl sites for hydroxylation is 1. The fourth-order valence-electron chi connectivity index (χ4n) is 4.28. The van der Waals surface area contributed by atoms with Crippen LogP contribution in [-0.4, -0.2) is 52.6 Å². The van der Waals surface area contributed by atoms with Crippen LogP contribution in [0.15, 0.2) is 61.1 Å². The standard InChI is InChI=1S/C25H26ClN5/c26-22-5-1-4-19(15-22)24-25(30-17-29-24)20-6-7-23-21(14-20)13-18(16-28-23)3-2-10-31-11-8-27-9-12-31/h1,4-7,13-17,27H,2-3,8-12H2,(H,29,30). The van der Waals surface area contributed by atoms with Gasteiger partial charge in [0.1, 0.15) is 0 Å². The van der Waals surface area contributed by atoms with Gasteiger partial charge in [0.25, 0.3) is 0 Å². The summed E-state index contributed by atoms with van der Waals surface area (Å²) < 4.78 is 0. The Kier molecular flexibility index (Phi) is 5.98. The minimum absolute atomic E-state index is 0.708. The normalized spacial score (nSPS) is 14.9. The number of halogens is 1. The first-order valence-electron chi connectivity index (χ1n) is 10.9. The van der Waals surface area contributed by atoms with Gasteiger partial charge in [-0.3, -0.25) is 4.98 Å². The Hall–Kier alpha value is -2.73. The smallest absolute Gasteiger partial charge is 0.0961 e. The van der Waals surface area contributed by atoms with Crippen molar-refractivity contribution in [2.45, 2.75) is 12.8 Å². The first kappa shape index (κ1) is 20.2. The molecule has 0 atom stereocenters. The topological polar surface area (TPSA) is 56.8 Å². The van der Waals surface area contributed by atoms with Gasteiger partial charge in [-0.05, 0) is 55.3 Å². The van der Waals surface area contributed by atoms with Crippen molar-refractivity contribution < 1.29 is 0 Å². The van der Waals surface area contributed by atoms with Crippen LogP contribution in [0.3, 0.4) is 0 Å². The fourth-order valence-corrected chi connectivity index (χ4v) is 4.47. The zero-order chi connectivity index (χ0) is 21.0. The molecule has 4 aromatic rings. The number of rotatable bonds is 6. The van der Waals surface area contributed by atoms with E-state index in [1.165, 1.54) is 5.56 Å². The molecule has 1 aliphatic heterocycles. The maximum atomic E-state index is 6.19. The Morgan fingerprint density at radius 1 is 0.968 bits per heavy atom. The molecule has 6 heteroatoms. The highest BCUT2D eigenvalue weighted by Crippen LogP contribution is 2.32. The molecular formula is C25H26ClN5. The van der Waals surface area contributed by atoms with Gasteiger partial charge in [0.15, 0.2) is 0 Å². The Labute approximate surface area is 187 Å². The lowest BCUT2D eigenvalue weighted by Crippen LogP contribution is -2.43. The summed E-state index contributed by atoms with van der Waals surface area (Å²) in [6.07, 6.45) is 5.97. The van der Waals surface area contributed by atoms with Crippen molar-refractivity contribution in [2.75, 3.05) is 32.7 Å². The average Bonchev–Trinajstić information content (AvgIpc) is 3.29. The summed E-state index contributed by atoms with van der Waals surface area (Å²) in [4.78, 5) is 15.1. The molecule has 0 amide bonds. The number of pyridine rings is 1. The molecule has 0 unspecified atom stereocenters. The number of piperazine rings is 1. The Balaban J connectivity index is 1.37. The van der Waals surface area contributed by atoms with Gasteiger partial charge in [0, 0.05) is 53.9 Å². The maximum Gasteiger partial charge on any atom is 0.0961 e. The second-order valence-corrected chi connectivity index (χ2v) is 8.52. The van der Waals surface area contributed by atoms with E-state index in [1.54, 1.807) is 6.33 Å². The van der Waals surface area contributed by atoms with Crippen LogP contribution in [0.5, 0.6) is 0 Å². The summed E-state index contributed by atoms with van der Waals surface area (Å²) >= 11 is 6.19. The van der Waals surface area contributed by atoms with Gasteiger partial charge in [0.2, 0.25) is 0 Å². The summed E-state index contributed by atoms with van der Waals surface area (Å²) in [6, 6.07) is 16.5. The van der Waals surface area contributed by atoms with Crippen LogP contribution in [0, 0.1) is 0 Å². The first-order valence-corrected chi connectivity index (χ1v) is 11.3. The van der Waals surface area contributed by atoms with E-state index in [0.717, 1.165) is 79.0 Å². The summed E-state index contributed by atoms with van der Waals surface area (Å²) in [6.45, 7) is 5.66. The van der Waals surface area contributed by atoms with Crippen molar-refractivity contribution in [2.24, 2.45) is 0 Å². The minimum Gasteiger partial charge on any atom is -0.344 e. The zero-order valence-corrected chi connectivity index (χ0v) is 18.2. The van der Waals surface area contributed by atoms with Crippen molar-refractivity contribution in [3.63, 3.8) is 0 Å². The first-order chi connectivity index (χ1) is 15.3. The molecule has 5 rings (SSSR count). The van der Waals surface area contributed by atoms with Gasteiger partial charge in [-0.1, -0.05) is 29.8 Å². The molecule has 2 aromatic heterocycles. The molecule has 0 spiro atoms. The summed E-state index contributed by atoms with van der Waals surface area (Å²) in [5.74, 6) is 0. The molecule has 0 radical (unpaired) electrons. The second kappa shape index (κ2) is 9.18. The number of imidazole rings is 1. The Bertz CT molecular complexity index is 1180. The van der Waals surface area contributed by atoms with Crippen molar-refractivity contribution in [3.8, 4) is 22.5 Å². The molecule has 1 fully saturated rings. The van der Waals surface area contributed by atoms with E-state index < -0.39 is 0 Å². The maximum absolute atomic E-state index is 6.19. The highest BCUT2D eigenvalue weighted by atomic mass is 35.5. The predicted octanol–water partition coefficient (Wildman–Crippen LogP) is 4.78. The molecular weight excluding hydrogens is 406 g/mol. The van der Waals surface area contributed by atoms with Crippen LogP contribution >= 0.6 is 11.6 Å². The third-order valence-electron chi connectivity index (χ3n) is 5.91. The molecule has 0 saturated carbocycles. The molecule has 2 N–H and O–H groups in total. The molecule has 2 aromatic carbocycles. The third-order valence-corrected chi connectivity index (χ3v) is 6.15. The number of fused-ring (bicyclic) bond motifs is 1. The van der Waals surface area contributed by atoms with Gasteiger partial charge in [-0.15, -0.1) is 0 Å². The van der Waals surface area contributed by atoms with E-state index >= 15 is 0 Å². The van der Waals surface area contributed by atoms with Crippen LogP contribution in [0.25, 0.3) is 33.4 Å². The fraction of sp³-hybridized carbons (Fsp3) is 0.280. The van der Waals surface area contributed by atoms with Crippen LogP contribution in [0.4, 0.5) is 0 Å². The highest BCUT2D eigenvalue weighted by Gasteiger charge is 2.12. The van der Waals surface area contributed by atoms with Crippen LogP contribution in [0.1, 0.15) is 12.0 Å². The number of aromatic nitrogens is 3. The summed E-state index contributed by atoms with van der Waals surface area (Å²) in [5.41, 5.74) is 6.30.